The van der Waals surface area contributed by atoms with Gasteiger partial charge >= 0.3 is 0 Å². The largest absolute Gasteiger partial charge is 0.494 e. The van der Waals surface area contributed by atoms with E-state index in [4.69, 9.17) is 21.1 Å². The molecule has 2 rings (SSSR count). The fourth-order valence-corrected chi connectivity index (χ4v) is 1.75. The Kier molecular flexibility index (Phi) is 2.83. The maximum atomic E-state index is 5.85. The van der Waals surface area contributed by atoms with E-state index >= 15 is 0 Å². The zero-order valence-corrected chi connectivity index (χ0v) is 10.00. The smallest absolute Gasteiger partial charge is 0.220 e. The minimum Gasteiger partial charge on any atom is -0.494 e. The van der Waals surface area contributed by atoms with E-state index in [1.54, 1.807) is 26.4 Å². The fraction of sp³-hybridized carbons (Fsp3) is 0.273. The first-order chi connectivity index (χ1) is 7.67. The Bertz CT molecular complexity index is 543. The summed E-state index contributed by atoms with van der Waals surface area (Å²) in [6.07, 6.45) is 0. The van der Waals surface area contributed by atoms with Gasteiger partial charge in [0.2, 0.25) is 5.88 Å². The summed E-state index contributed by atoms with van der Waals surface area (Å²) in [5, 5.41) is 0.414. The van der Waals surface area contributed by atoms with Crippen molar-refractivity contribution in [2.24, 2.45) is 0 Å². The van der Waals surface area contributed by atoms with Crippen molar-refractivity contribution >= 4 is 22.6 Å². The summed E-state index contributed by atoms with van der Waals surface area (Å²) in [6.45, 7) is 1.87. The lowest BCUT2D eigenvalue weighted by Crippen LogP contribution is -1.98. The van der Waals surface area contributed by atoms with E-state index in [2.05, 4.69) is 9.97 Å². The molecule has 5 heteroatoms. The van der Waals surface area contributed by atoms with Crippen molar-refractivity contribution in [1.82, 2.24) is 9.97 Å². The maximum Gasteiger partial charge on any atom is 0.220 e. The number of hydrogen-bond donors (Lipinski definition) is 0. The molecule has 0 aromatic carbocycles. The maximum absolute atomic E-state index is 5.85. The quantitative estimate of drug-likeness (QED) is 0.755. The summed E-state index contributed by atoms with van der Waals surface area (Å²) in [4.78, 5) is 8.52. The second kappa shape index (κ2) is 4.14. The van der Waals surface area contributed by atoms with Gasteiger partial charge in [0.25, 0.3) is 0 Å². The molecule has 0 amide bonds. The Labute approximate surface area is 98.2 Å². The van der Waals surface area contributed by atoms with Crippen LogP contribution in [0.4, 0.5) is 0 Å². The Hall–Kier alpha value is -1.55. The number of nitrogens with zero attached hydrogens (tertiary/aromatic N) is 2. The first kappa shape index (κ1) is 11.0. The van der Waals surface area contributed by atoms with Gasteiger partial charge in [-0.2, -0.15) is 0 Å². The number of aromatic nitrogens is 2. The molecule has 2 aromatic rings. The van der Waals surface area contributed by atoms with Crippen LogP contribution in [-0.4, -0.2) is 24.2 Å². The Morgan fingerprint density at radius 2 is 1.88 bits per heavy atom. The van der Waals surface area contributed by atoms with Crippen molar-refractivity contribution in [1.29, 1.82) is 0 Å². The van der Waals surface area contributed by atoms with Crippen molar-refractivity contribution in [3.63, 3.8) is 0 Å². The molecule has 0 fully saturated rings. The number of fused-ring (bicyclic) bond motifs is 1. The van der Waals surface area contributed by atoms with Crippen LogP contribution in [0.3, 0.4) is 0 Å². The van der Waals surface area contributed by atoms with E-state index in [-0.39, 0.29) is 0 Å². The molecule has 2 heterocycles. The standard InChI is InChI=1S/C11H11ClN2O2/c1-6-10(15-2)9-7(13-11(6)16-3)4-5-8(12)14-9/h4-5H,1-3H3. The van der Waals surface area contributed by atoms with Crippen LogP contribution < -0.4 is 9.47 Å². The summed E-state index contributed by atoms with van der Waals surface area (Å²) >= 11 is 5.85. The van der Waals surface area contributed by atoms with E-state index in [1.807, 2.05) is 6.92 Å². The highest BCUT2D eigenvalue weighted by molar-refractivity contribution is 6.29. The highest BCUT2D eigenvalue weighted by atomic mass is 35.5. The van der Waals surface area contributed by atoms with Crippen LogP contribution in [-0.2, 0) is 0 Å². The Morgan fingerprint density at radius 3 is 2.50 bits per heavy atom. The number of ether oxygens (including phenoxy) is 2. The topological polar surface area (TPSA) is 44.2 Å². The lowest BCUT2D eigenvalue weighted by Gasteiger charge is -2.11. The third-order valence-corrected chi connectivity index (χ3v) is 2.55. The number of methoxy groups -OCH3 is 2. The highest BCUT2D eigenvalue weighted by Crippen LogP contribution is 2.32. The second-order valence-electron chi connectivity index (χ2n) is 3.28. The van der Waals surface area contributed by atoms with Gasteiger partial charge in [-0.25, -0.2) is 9.97 Å². The number of halogens is 1. The molecular weight excluding hydrogens is 228 g/mol. The molecule has 0 bridgehead atoms. The van der Waals surface area contributed by atoms with Crippen LogP contribution in [0.15, 0.2) is 12.1 Å². The monoisotopic (exact) mass is 238 g/mol. The summed E-state index contributed by atoms with van der Waals surface area (Å²) in [6, 6.07) is 3.47. The lowest BCUT2D eigenvalue weighted by molar-refractivity contribution is 0.380. The van der Waals surface area contributed by atoms with Crippen molar-refractivity contribution in [2.45, 2.75) is 6.92 Å². The van der Waals surface area contributed by atoms with Crippen LogP contribution in [0.5, 0.6) is 11.6 Å². The number of hydrogen-bond acceptors (Lipinski definition) is 4. The van der Waals surface area contributed by atoms with Gasteiger partial charge < -0.3 is 9.47 Å². The molecule has 0 atom stereocenters. The molecular formula is C11H11ClN2O2. The number of rotatable bonds is 2. The van der Waals surface area contributed by atoms with Crippen molar-refractivity contribution in [3.05, 3.63) is 22.8 Å². The first-order valence-corrected chi connectivity index (χ1v) is 5.10. The molecule has 0 N–H and O–H groups in total. The summed E-state index contributed by atoms with van der Waals surface area (Å²) in [5.41, 5.74) is 2.16. The van der Waals surface area contributed by atoms with Crippen LogP contribution >= 0.6 is 11.6 Å². The lowest BCUT2D eigenvalue weighted by atomic mass is 10.2. The average molecular weight is 239 g/mol. The molecule has 0 radical (unpaired) electrons. The summed E-state index contributed by atoms with van der Waals surface area (Å²) < 4.78 is 10.5. The molecule has 0 aliphatic heterocycles. The van der Waals surface area contributed by atoms with Gasteiger partial charge in [0.05, 0.1) is 25.3 Å². The molecule has 0 aliphatic carbocycles. The molecule has 0 aliphatic rings. The first-order valence-electron chi connectivity index (χ1n) is 4.72. The van der Waals surface area contributed by atoms with Gasteiger partial charge in [0, 0.05) is 0 Å². The highest BCUT2D eigenvalue weighted by Gasteiger charge is 2.14. The van der Waals surface area contributed by atoms with E-state index in [0.717, 1.165) is 5.56 Å². The molecule has 2 aromatic heterocycles. The van der Waals surface area contributed by atoms with E-state index in [9.17, 15) is 0 Å². The van der Waals surface area contributed by atoms with Gasteiger partial charge in [0.15, 0.2) is 5.75 Å². The zero-order valence-electron chi connectivity index (χ0n) is 9.24. The predicted octanol–water partition coefficient (Wildman–Crippen LogP) is 2.61. The third kappa shape index (κ3) is 1.65. The van der Waals surface area contributed by atoms with Crippen molar-refractivity contribution < 1.29 is 9.47 Å². The normalized spacial score (nSPS) is 10.5. The minimum absolute atomic E-state index is 0.414. The summed E-state index contributed by atoms with van der Waals surface area (Å²) in [5.74, 6) is 1.18. The van der Waals surface area contributed by atoms with E-state index in [1.165, 1.54) is 0 Å². The van der Waals surface area contributed by atoms with Gasteiger partial charge in [-0.3, -0.25) is 0 Å². The Morgan fingerprint density at radius 1 is 1.12 bits per heavy atom. The fourth-order valence-electron chi connectivity index (χ4n) is 1.60. The summed E-state index contributed by atoms with van der Waals surface area (Å²) in [7, 11) is 3.16. The Balaban J connectivity index is 2.84. The van der Waals surface area contributed by atoms with Crippen molar-refractivity contribution in [3.8, 4) is 11.6 Å². The molecule has 16 heavy (non-hydrogen) atoms. The van der Waals surface area contributed by atoms with E-state index < -0.39 is 0 Å². The SMILES string of the molecule is COc1nc2ccc(Cl)nc2c(OC)c1C. The zero-order chi connectivity index (χ0) is 11.7. The van der Waals surface area contributed by atoms with Gasteiger partial charge in [-0.05, 0) is 19.1 Å². The van der Waals surface area contributed by atoms with Crippen LogP contribution in [0, 0.1) is 6.92 Å². The molecule has 4 nitrogen and oxygen atoms in total. The van der Waals surface area contributed by atoms with Crippen LogP contribution in [0.25, 0.3) is 11.0 Å². The molecule has 0 saturated heterocycles. The average Bonchev–Trinajstić information content (AvgIpc) is 2.28. The van der Waals surface area contributed by atoms with Crippen LogP contribution in [0.2, 0.25) is 5.15 Å². The van der Waals surface area contributed by atoms with E-state index in [0.29, 0.717) is 27.8 Å². The molecule has 84 valence electrons. The number of pyridine rings is 2. The minimum atomic E-state index is 0.414. The van der Waals surface area contributed by atoms with Gasteiger partial charge in [0.1, 0.15) is 10.7 Å². The molecule has 0 unspecified atom stereocenters. The van der Waals surface area contributed by atoms with Crippen molar-refractivity contribution in [2.75, 3.05) is 14.2 Å². The second-order valence-corrected chi connectivity index (χ2v) is 3.67. The third-order valence-electron chi connectivity index (χ3n) is 2.34. The van der Waals surface area contributed by atoms with Gasteiger partial charge in [-0.15, -0.1) is 0 Å². The molecule has 0 saturated carbocycles. The van der Waals surface area contributed by atoms with Crippen LogP contribution in [0.1, 0.15) is 5.56 Å². The molecule has 0 spiro atoms. The predicted molar refractivity (Wildman–Crippen MR) is 62.4 cm³/mol. The van der Waals surface area contributed by atoms with Gasteiger partial charge in [-0.1, -0.05) is 11.6 Å².